The molecule has 0 amide bonds. The number of benzene rings is 1. The lowest BCUT2D eigenvalue weighted by Gasteiger charge is -2.18. The molecule has 9 heteroatoms. The van der Waals surface area contributed by atoms with Crippen LogP contribution in [0.3, 0.4) is 0 Å². The fourth-order valence-corrected chi connectivity index (χ4v) is 4.69. The van der Waals surface area contributed by atoms with Gasteiger partial charge in [-0.2, -0.15) is 0 Å². The van der Waals surface area contributed by atoms with Crippen LogP contribution in [0.1, 0.15) is 29.9 Å². The van der Waals surface area contributed by atoms with Crippen molar-refractivity contribution in [2.24, 2.45) is 0 Å². The molecule has 2 aromatic heterocycles. The van der Waals surface area contributed by atoms with E-state index in [9.17, 15) is 8.78 Å². The lowest BCUT2D eigenvalue weighted by atomic mass is 10.0. The fraction of sp³-hybridized carbons (Fsp3) is 0.321. The van der Waals surface area contributed by atoms with E-state index in [1.54, 1.807) is 37.6 Å². The number of allylic oxidation sites excluding steroid dienone is 5. The number of anilines is 1. The summed E-state index contributed by atoms with van der Waals surface area (Å²) in [4.78, 5) is 16.2. The highest BCUT2D eigenvalue weighted by molar-refractivity contribution is 5.84. The maximum atomic E-state index is 13.8. The first kappa shape index (κ1) is 24.8. The number of methoxy groups -OCH3 is 1. The molecule has 3 heterocycles. The van der Waals surface area contributed by atoms with E-state index >= 15 is 0 Å². The highest BCUT2D eigenvalue weighted by Crippen LogP contribution is 2.38. The van der Waals surface area contributed by atoms with Gasteiger partial charge < -0.3 is 15.0 Å². The number of ether oxygens (including phenoxy) is 1. The highest BCUT2D eigenvalue weighted by atomic mass is 19.1. The second-order valence-corrected chi connectivity index (χ2v) is 9.18. The molecule has 1 aliphatic carbocycles. The molecule has 7 nitrogen and oxygen atoms in total. The van der Waals surface area contributed by atoms with Gasteiger partial charge in [0.05, 0.1) is 23.7 Å². The van der Waals surface area contributed by atoms with E-state index in [1.165, 1.54) is 6.07 Å². The van der Waals surface area contributed by atoms with E-state index in [4.69, 9.17) is 14.7 Å². The molecule has 37 heavy (non-hydrogen) atoms. The van der Waals surface area contributed by atoms with Gasteiger partial charge in [0.15, 0.2) is 0 Å². The molecule has 0 fully saturated rings. The van der Waals surface area contributed by atoms with Gasteiger partial charge in [0.1, 0.15) is 17.8 Å². The Kier molecular flexibility index (Phi) is 7.41. The predicted molar refractivity (Wildman–Crippen MR) is 141 cm³/mol. The Labute approximate surface area is 215 Å². The topological polar surface area (TPSA) is 68.1 Å². The lowest BCUT2D eigenvalue weighted by molar-refractivity contribution is 0.210. The molecule has 1 atom stereocenters. The molecule has 1 aromatic carbocycles. The minimum Gasteiger partial charge on any atom is -0.383 e. The second-order valence-electron chi connectivity index (χ2n) is 9.18. The zero-order valence-electron chi connectivity index (χ0n) is 21.0. The summed E-state index contributed by atoms with van der Waals surface area (Å²) in [5.74, 6) is 1.19. The Balaban J connectivity index is 1.54. The Morgan fingerprint density at radius 1 is 1.24 bits per heavy atom. The van der Waals surface area contributed by atoms with Crippen LogP contribution in [0.5, 0.6) is 0 Å². The number of rotatable bonds is 9. The molecule has 192 valence electrons. The Morgan fingerprint density at radius 3 is 2.92 bits per heavy atom. The Morgan fingerprint density at radius 2 is 2.14 bits per heavy atom. The molecule has 0 saturated carbocycles. The van der Waals surface area contributed by atoms with E-state index in [0.717, 1.165) is 52.6 Å². The minimum atomic E-state index is -0.982. The normalized spacial score (nSPS) is 17.7. The third-order valence-electron chi connectivity index (χ3n) is 6.34. The standard InChI is InChI=1S/C28H30F2N6O/c1-35(17-19-4-3-5-22(30)16-19)18-23-10-11-25-34-26(20-6-8-21(29)9-7-20)27(36(23)25)24-12-13-31-28(33-24)32-14-15-37-2/h3-8,12-13,16,18,21H,9-11,14-15,17H2,1-2H3,(H,31,32,33)/b23-18+. The first-order valence-corrected chi connectivity index (χ1v) is 12.4. The van der Waals surface area contributed by atoms with Crippen LogP contribution < -0.4 is 5.32 Å². The largest absolute Gasteiger partial charge is 0.383 e. The number of alkyl halides is 1. The highest BCUT2D eigenvalue weighted by Gasteiger charge is 2.28. The van der Waals surface area contributed by atoms with Crippen molar-refractivity contribution in [1.82, 2.24) is 24.4 Å². The fourth-order valence-electron chi connectivity index (χ4n) is 4.69. The molecule has 5 rings (SSSR count). The molecule has 3 aromatic rings. The first-order valence-electron chi connectivity index (χ1n) is 12.4. The summed E-state index contributed by atoms with van der Waals surface area (Å²) < 4.78 is 34.8. The van der Waals surface area contributed by atoms with Crippen LogP contribution in [-0.4, -0.2) is 57.9 Å². The van der Waals surface area contributed by atoms with Crippen molar-refractivity contribution >= 4 is 17.2 Å². The van der Waals surface area contributed by atoms with Crippen molar-refractivity contribution in [2.45, 2.75) is 32.0 Å². The number of fused-ring (bicyclic) bond motifs is 1. The summed E-state index contributed by atoms with van der Waals surface area (Å²) in [6.45, 7) is 1.69. The number of nitrogens with one attached hydrogen (secondary N) is 1. The number of hydrogen-bond acceptors (Lipinski definition) is 6. The van der Waals surface area contributed by atoms with Crippen molar-refractivity contribution in [3.8, 4) is 11.4 Å². The predicted octanol–water partition coefficient (Wildman–Crippen LogP) is 5.10. The van der Waals surface area contributed by atoms with Crippen molar-refractivity contribution in [3.63, 3.8) is 0 Å². The van der Waals surface area contributed by atoms with E-state index < -0.39 is 6.17 Å². The number of aromatic nitrogens is 4. The zero-order valence-corrected chi connectivity index (χ0v) is 21.0. The van der Waals surface area contributed by atoms with E-state index in [-0.39, 0.29) is 5.82 Å². The zero-order chi connectivity index (χ0) is 25.8. The average Bonchev–Trinajstić information content (AvgIpc) is 3.45. The van der Waals surface area contributed by atoms with Crippen molar-refractivity contribution < 1.29 is 13.5 Å². The number of nitrogens with zero attached hydrogens (tertiary/aromatic N) is 5. The smallest absolute Gasteiger partial charge is 0.223 e. The van der Waals surface area contributed by atoms with Gasteiger partial charge in [-0.25, -0.2) is 23.7 Å². The molecule has 1 unspecified atom stereocenters. The molecule has 0 spiro atoms. The van der Waals surface area contributed by atoms with Crippen LogP contribution in [0, 0.1) is 5.82 Å². The van der Waals surface area contributed by atoms with Crippen molar-refractivity contribution in [3.05, 3.63) is 83.9 Å². The number of aryl methyl sites for hydroxylation is 1. The Hall–Kier alpha value is -3.85. The van der Waals surface area contributed by atoms with Gasteiger partial charge in [0.25, 0.3) is 0 Å². The van der Waals surface area contributed by atoms with Gasteiger partial charge in [-0.05, 0) is 41.8 Å². The second kappa shape index (κ2) is 11.0. The molecule has 1 N–H and O–H groups in total. The molecule has 1 aliphatic heterocycles. The summed E-state index contributed by atoms with van der Waals surface area (Å²) in [6.07, 6.45) is 10.00. The number of halogens is 2. The van der Waals surface area contributed by atoms with Gasteiger partial charge in [-0.15, -0.1) is 0 Å². The molecule has 2 aliphatic rings. The Bertz CT molecular complexity index is 1360. The molecular weight excluding hydrogens is 474 g/mol. The van der Waals surface area contributed by atoms with Gasteiger partial charge in [-0.1, -0.05) is 24.3 Å². The van der Waals surface area contributed by atoms with Crippen molar-refractivity contribution in [2.75, 3.05) is 32.6 Å². The molecule has 0 radical (unpaired) electrons. The third-order valence-corrected chi connectivity index (χ3v) is 6.34. The van der Waals surface area contributed by atoms with Crippen LogP contribution in [0.25, 0.3) is 22.7 Å². The van der Waals surface area contributed by atoms with Crippen LogP contribution in [0.2, 0.25) is 0 Å². The van der Waals surface area contributed by atoms with Crippen LogP contribution in [0.15, 0.2) is 61.0 Å². The van der Waals surface area contributed by atoms with Crippen LogP contribution in [0.4, 0.5) is 14.7 Å². The minimum absolute atomic E-state index is 0.244. The van der Waals surface area contributed by atoms with Gasteiger partial charge >= 0.3 is 0 Å². The van der Waals surface area contributed by atoms with Gasteiger partial charge in [0.2, 0.25) is 5.95 Å². The first-order chi connectivity index (χ1) is 18.0. The van der Waals surface area contributed by atoms with Crippen LogP contribution >= 0.6 is 0 Å². The number of imidazole rings is 1. The lowest BCUT2D eigenvalue weighted by Crippen LogP contribution is -2.13. The maximum Gasteiger partial charge on any atom is 0.223 e. The van der Waals surface area contributed by atoms with Gasteiger partial charge in [0, 0.05) is 58.2 Å². The quantitative estimate of drug-likeness (QED) is 0.409. The van der Waals surface area contributed by atoms with E-state index in [2.05, 4.69) is 21.1 Å². The molecule has 0 bridgehead atoms. The van der Waals surface area contributed by atoms with Gasteiger partial charge in [-0.3, -0.25) is 4.57 Å². The van der Waals surface area contributed by atoms with E-state index in [1.807, 2.05) is 30.2 Å². The molecule has 0 saturated heterocycles. The summed E-state index contributed by atoms with van der Waals surface area (Å²) in [5.41, 5.74) is 5.19. The third kappa shape index (κ3) is 5.61. The SMILES string of the molecule is COCCNc1nccc(-c2c(C3=CCC(F)C=C3)nc3n2/C(=C/N(C)Cc2cccc(F)c2)CC3)n1. The summed E-state index contributed by atoms with van der Waals surface area (Å²) >= 11 is 0. The average molecular weight is 505 g/mol. The summed E-state index contributed by atoms with van der Waals surface area (Å²) in [6, 6.07) is 8.50. The number of hydrogen-bond donors (Lipinski definition) is 1. The van der Waals surface area contributed by atoms with Crippen LogP contribution in [-0.2, 0) is 17.7 Å². The summed E-state index contributed by atoms with van der Waals surface area (Å²) in [7, 11) is 3.62. The molecular formula is C28H30F2N6O. The van der Waals surface area contributed by atoms with E-state index in [0.29, 0.717) is 32.1 Å². The summed E-state index contributed by atoms with van der Waals surface area (Å²) in [5, 5.41) is 3.19. The monoisotopic (exact) mass is 504 g/mol. The maximum absolute atomic E-state index is 13.8. The van der Waals surface area contributed by atoms with Crippen molar-refractivity contribution in [1.29, 1.82) is 0 Å².